The summed E-state index contributed by atoms with van der Waals surface area (Å²) in [6, 6.07) is 19.3. The van der Waals surface area contributed by atoms with Gasteiger partial charge in [-0.25, -0.2) is 4.98 Å². The number of carbonyl (C=O) groups excluding carboxylic acids is 1. The molecule has 2 aromatic carbocycles. The van der Waals surface area contributed by atoms with Gasteiger partial charge in [-0.2, -0.15) is 0 Å². The minimum absolute atomic E-state index is 0.0232. The van der Waals surface area contributed by atoms with Crippen molar-refractivity contribution in [2.45, 2.75) is 33.4 Å². The minimum Gasteiger partial charge on any atom is -0.489 e. The van der Waals surface area contributed by atoms with E-state index in [1.807, 2.05) is 44.2 Å². The molecule has 0 saturated carbocycles. The fourth-order valence-corrected chi connectivity index (χ4v) is 2.66. The predicted octanol–water partition coefficient (Wildman–Crippen LogP) is 5.04. The van der Waals surface area contributed by atoms with E-state index in [0.717, 1.165) is 5.69 Å². The van der Waals surface area contributed by atoms with E-state index in [1.165, 1.54) is 11.1 Å². The molecule has 1 aromatic heterocycles. The van der Waals surface area contributed by atoms with Crippen LogP contribution in [-0.4, -0.2) is 17.0 Å². The number of hydrogen-bond donors (Lipinski definition) is 2. The molecule has 0 fully saturated rings. The van der Waals surface area contributed by atoms with E-state index in [0.29, 0.717) is 23.7 Å². The van der Waals surface area contributed by atoms with Gasteiger partial charge in [0.25, 0.3) is 5.91 Å². The van der Waals surface area contributed by atoms with Gasteiger partial charge in [-0.3, -0.25) is 4.79 Å². The van der Waals surface area contributed by atoms with Crippen molar-refractivity contribution in [3.8, 4) is 5.75 Å². The number of nitrogens with one attached hydrogen (secondary N) is 2. The van der Waals surface area contributed by atoms with Crippen LogP contribution in [0.5, 0.6) is 5.75 Å². The number of aromatic nitrogens is 1. The first-order valence-corrected chi connectivity index (χ1v) is 9.34. The molecule has 5 nitrogen and oxygen atoms in total. The monoisotopic (exact) mass is 375 g/mol. The van der Waals surface area contributed by atoms with Gasteiger partial charge in [-0.1, -0.05) is 42.0 Å². The molecule has 0 atom stereocenters. The third-order valence-corrected chi connectivity index (χ3v) is 4.11. The van der Waals surface area contributed by atoms with Crippen LogP contribution in [0.4, 0.5) is 11.4 Å². The third kappa shape index (κ3) is 5.33. The number of anilines is 2. The van der Waals surface area contributed by atoms with Gasteiger partial charge in [0.1, 0.15) is 11.4 Å². The van der Waals surface area contributed by atoms with Crippen molar-refractivity contribution in [1.29, 1.82) is 0 Å². The lowest BCUT2D eigenvalue weighted by Gasteiger charge is -2.14. The zero-order valence-electron chi connectivity index (χ0n) is 16.4. The number of aryl methyl sites for hydroxylation is 1. The number of para-hydroxylation sites is 2. The van der Waals surface area contributed by atoms with Crippen molar-refractivity contribution in [3.05, 3.63) is 83.7 Å². The molecule has 0 saturated heterocycles. The summed E-state index contributed by atoms with van der Waals surface area (Å²) < 4.78 is 5.74. The number of ether oxygens (including phenoxy) is 1. The van der Waals surface area contributed by atoms with Crippen molar-refractivity contribution in [2.24, 2.45) is 0 Å². The SMILES string of the molecule is Cc1ccc(CNc2ccc(C(=O)Nc3ccccc3OC(C)C)nc2)cc1. The fraction of sp³-hybridized carbons (Fsp3) is 0.217. The molecule has 1 amide bonds. The lowest BCUT2D eigenvalue weighted by Crippen LogP contribution is -2.15. The van der Waals surface area contributed by atoms with Crippen LogP contribution in [0.1, 0.15) is 35.5 Å². The van der Waals surface area contributed by atoms with E-state index in [9.17, 15) is 4.79 Å². The molecule has 0 bridgehead atoms. The first-order valence-electron chi connectivity index (χ1n) is 9.34. The number of benzene rings is 2. The molecule has 144 valence electrons. The van der Waals surface area contributed by atoms with Crippen molar-refractivity contribution < 1.29 is 9.53 Å². The molecule has 0 spiro atoms. The van der Waals surface area contributed by atoms with Gasteiger partial charge in [-0.05, 0) is 50.6 Å². The number of nitrogens with zero attached hydrogens (tertiary/aromatic N) is 1. The van der Waals surface area contributed by atoms with Crippen LogP contribution >= 0.6 is 0 Å². The molecule has 2 N–H and O–H groups in total. The summed E-state index contributed by atoms with van der Waals surface area (Å²) in [5.74, 6) is 0.368. The summed E-state index contributed by atoms with van der Waals surface area (Å²) in [5.41, 5.74) is 4.26. The maximum absolute atomic E-state index is 12.5. The van der Waals surface area contributed by atoms with E-state index in [1.54, 1.807) is 12.3 Å². The number of amides is 1. The largest absolute Gasteiger partial charge is 0.489 e. The Balaban J connectivity index is 1.61. The van der Waals surface area contributed by atoms with Gasteiger partial charge < -0.3 is 15.4 Å². The summed E-state index contributed by atoms with van der Waals surface area (Å²) in [6.45, 7) is 6.66. The molecule has 5 heteroatoms. The number of rotatable bonds is 7. The highest BCUT2D eigenvalue weighted by Gasteiger charge is 2.11. The van der Waals surface area contributed by atoms with Crippen LogP contribution in [0.3, 0.4) is 0 Å². The average molecular weight is 375 g/mol. The molecule has 0 aliphatic heterocycles. The summed E-state index contributed by atoms with van der Waals surface area (Å²) in [7, 11) is 0. The average Bonchev–Trinajstić information content (AvgIpc) is 2.69. The normalized spacial score (nSPS) is 10.6. The Hall–Kier alpha value is -3.34. The minimum atomic E-state index is -0.273. The van der Waals surface area contributed by atoms with E-state index in [4.69, 9.17) is 4.74 Å². The Kier molecular flexibility index (Phi) is 6.27. The molecular formula is C23H25N3O2. The summed E-state index contributed by atoms with van der Waals surface area (Å²) in [4.78, 5) is 16.8. The fourth-order valence-electron chi connectivity index (χ4n) is 2.66. The van der Waals surface area contributed by atoms with Crippen molar-refractivity contribution in [1.82, 2.24) is 4.98 Å². The van der Waals surface area contributed by atoms with Crippen LogP contribution in [0, 0.1) is 6.92 Å². The van der Waals surface area contributed by atoms with Crippen LogP contribution in [0.2, 0.25) is 0 Å². The molecular weight excluding hydrogens is 350 g/mol. The van der Waals surface area contributed by atoms with Crippen LogP contribution in [0.25, 0.3) is 0 Å². The molecule has 0 aliphatic carbocycles. The van der Waals surface area contributed by atoms with Crippen LogP contribution in [0.15, 0.2) is 66.9 Å². The van der Waals surface area contributed by atoms with Gasteiger partial charge >= 0.3 is 0 Å². The Morgan fingerprint density at radius 3 is 2.46 bits per heavy atom. The Morgan fingerprint density at radius 1 is 1.04 bits per heavy atom. The third-order valence-electron chi connectivity index (χ3n) is 4.11. The Labute approximate surface area is 165 Å². The van der Waals surface area contributed by atoms with Crippen LogP contribution < -0.4 is 15.4 Å². The lowest BCUT2D eigenvalue weighted by atomic mass is 10.1. The van der Waals surface area contributed by atoms with Crippen molar-refractivity contribution >= 4 is 17.3 Å². The summed E-state index contributed by atoms with van der Waals surface area (Å²) >= 11 is 0. The summed E-state index contributed by atoms with van der Waals surface area (Å²) in [6.07, 6.45) is 1.69. The van der Waals surface area contributed by atoms with E-state index in [2.05, 4.69) is 46.8 Å². The molecule has 0 aliphatic rings. The number of hydrogen-bond acceptors (Lipinski definition) is 4. The highest BCUT2D eigenvalue weighted by Crippen LogP contribution is 2.25. The first-order chi connectivity index (χ1) is 13.5. The smallest absolute Gasteiger partial charge is 0.274 e. The zero-order valence-corrected chi connectivity index (χ0v) is 16.4. The second-order valence-corrected chi connectivity index (χ2v) is 6.89. The standard InChI is InChI=1S/C23H25N3O2/c1-16(2)28-22-7-5-4-6-20(22)26-23(27)21-13-12-19(15-25-21)24-14-18-10-8-17(3)9-11-18/h4-13,15-16,24H,14H2,1-3H3,(H,26,27). The first kappa shape index (κ1) is 19.4. The molecule has 1 heterocycles. The molecule has 3 rings (SSSR count). The van der Waals surface area contributed by atoms with E-state index < -0.39 is 0 Å². The number of pyridine rings is 1. The molecule has 0 radical (unpaired) electrons. The highest BCUT2D eigenvalue weighted by atomic mass is 16.5. The zero-order chi connectivity index (χ0) is 19.9. The lowest BCUT2D eigenvalue weighted by molar-refractivity contribution is 0.102. The quantitative estimate of drug-likeness (QED) is 0.607. The maximum atomic E-state index is 12.5. The van der Waals surface area contributed by atoms with Crippen LogP contribution in [-0.2, 0) is 6.54 Å². The molecule has 28 heavy (non-hydrogen) atoms. The second kappa shape index (κ2) is 9.04. The van der Waals surface area contributed by atoms with Gasteiger partial charge in [0.15, 0.2) is 0 Å². The van der Waals surface area contributed by atoms with Crippen molar-refractivity contribution in [2.75, 3.05) is 10.6 Å². The van der Waals surface area contributed by atoms with Gasteiger partial charge in [0.05, 0.1) is 23.7 Å². The number of carbonyl (C=O) groups is 1. The van der Waals surface area contributed by atoms with Gasteiger partial charge in [0, 0.05) is 6.54 Å². The molecule has 3 aromatic rings. The second-order valence-electron chi connectivity index (χ2n) is 6.89. The topological polar surface area (TPSA) is 63.2 Å². The highest BCUT2D eigenvalue weighted by molar-refractivity contribution is 6.03. The predicted molar refractivity (Wildman–Crippen MR) is 113 cm³/mol. The van der Waals surface area contributed by atoms with E-state index >= 15 is 0 Å². The van der Waals surface area contributed by atoms with Crippen molar-refractivity contribution in [3.63, 3.8) is 0 Å². The Bertz CT molecular complexity index is 919. The van der Waals surface area contributed by atoms with Gasteiger partial charge in [0.2, 0.25) is 0 Å². The summed E-state index contributed by atoms with van der Waals surface area (Å²) in [5, 5.41) is 6.18. The van der Waals surface area contributed by atoms with E-state index in [-0.39, 0.29) is 12.0 Å². The Morgan fingerprint density at radius 2 is 1.79 bits per heavy atom. The molecule has 0 unspecified atom stereocenters. The van der Waals surface area contributed by atoms with Gasteiger partial charge in [-0.15, -0.1) is 0 Å². The maximum Gasteiger partial charge on any atom is 0.274 e.